The van der Waals surface area contributed by atoms with Gasteiger partial charge in [0.15, 0.2) is 0 Å². The third kappa shape index (κ3) is 8.36. The quantitative estimate of drug-likeness (QED) is 0.431. The molecule has 0 fully saturated rings. The van der Waals surface area contributed by atoms with E-state index in [9.17, 15) is 9.13 Å². The fraction of sp³-hybridized carbons (Fsp3) is 1.00. The lowest BCUT2D eigenvalue weighted by molar-refractivity contribution is 0.567. The summed E-state index contributed by atoms with van der Waals surface area (Å²) in [5.41, 5.74) is 0. The molecule has 0 atom stereocenters. The Morgan fingerprint density at radius 2 is 0.789 bits per heavy atom. The molecule has 0 saturated heterocycles. The first-order valence-electron chi connectivity index (χ1n) is 8.09. The van der Waals surface area contributed by atoms with Gasteiger partial charge in [-0.15, -0.1) is 0 Å². The van der Waals surface area contributed by atoms with Crippen molar-refractivity contribution in [3.05, 3.63) is 0 Å². The van der Waals surface area contributed by atoms with Gasteiger partial charge in [0, 0.05) is 37.0 Å². The highest BCUT2D eigenvalue weighted by Gasteiger charge is 2.23. The molecule has 2 nitrogen and oxygen atoms in total. The van der Waals surface area contributed by atoms with Crippen LogP contribution in [0.4, 0.5) is 0 Å². The van der Waals surface area contributed by atoms with Gasteiger partial charge in [0.1, 0.15) is 0 Å². The Labute approximate surface area is 120 Å². The molecular formula is C15H34O2P2. The summed E-state index contributed by atoms with van der Waals surface area (Å²) in [5.74, 6) is 0. The molecule has 0 aromatic carbocycles. The predicted molar refractivity (Wildman–Crippen MR) is 90.2 cm³/mol. The first-order chi connectivity index (χ1) is 8.95. The van der Waals surface area contributed by atoms with Gasteiger partial charge in [0.05, 0.1) is 14.3 Å². The summed E-state index contributed by atoms with van der Waals surface area (Å²) < 4.78 is 25.5. The molecule has 0 amide bonds. The van der Waals surface area contributed by atoms with Gasteiger partial charge in [-0.3, -0.25) is 0 Å². The average Bonchev–Trinajstić information content (AvgIpc) is 2.29. The molecule has 0 radical (unpaired) electrons. The standard InChI is InChI=1S/C15H34O2P2/c1-5-10-18(16,11-6-2)14-9-15-19(17,12-7-3)13-8-4/h5-15H2,1-4H3. The van der Waals surface area contributed by atoms with Crippen molar-refractivity contribution in [2.45, 2.75) is 59.8 Å². The van der Waals surface area contributed by atoms with Crippen molar-refractivity contribution in [1.29, 1.82) is 0 Å². The molecule has 0 aliphatic carbocycles. The maximum atomic E-state index is 12.7. The van der Waals surface area contributed by atoms with E-state index in [1.165, 1.54) is 0 Å². The Balaban J connectivity index is 4.36. The maximum absolute atomic E-state index is 12.7. The van der Waals surface area contributed by atoms with Crippen LogP contribution >= 0.6 is 14.3 Å². The minimum atomic E-state index is -1.96. The average molecular weight is 308 g/mol. The van der Waals surface area contributed by atoms with Crippen LogP contribution in [0.3, 0.4) is 0 Å². The van der Waals surface area contributed by atoms with Gasteiger partial charge in [0.25, 0.3) is 0 Å². The number of hydrogen-bond donors (Lipinski definition) is 0. The summed E-state index contributed by atoms with van der Waals surface area (Å²) in [5, 5.41) is 0. The number of hydrogen-bond acceptors (Lipinski definition) is 2. The van der Waals surface area contributed by atoms with Gasteiger partial charge < -0.3 is 9.13 Å². The molecule has 0 unspecified atom stereocenters. The van der Waals surface area contributed by atoms with E-state index in [1.807, 2.05) is 0 Å². The van der Waals surface area contributed by atoms with Gasteiger partial charge in [0.2, 0.25) is 0 Å². The van der Waals surface area contributed by atoms with Crippen LogP contribution in [-0.4, -0.2) is 37.0 Å². The fourth-order valence-electron chi connectivity index (χ4n) is 2.95. The van der Waals surface area contributed by atoms with E-state index < -0.39 is 14.3 Å². The highest BCUT2D eigenvalue weighted by atomic mass is 31.2. The van der Waals surface area contributed by atoms with Crippen molar-refractivity contribution in [3.8, 4) is 0 Å². The van der Waals surface area contributed by atoms with E-state index in [0.717, 1.165) is 69.1 Å². The van der Waals surface area contributed by atoms with Crippen LogP contribution in [0.1, 0.15) is 59.8 Å². The van der Waals surface area contributed by atoms with Crippen molar-refractivity contribution in [1.82, 2.24) is 0 Å². The summed E-state index contributed by atoms with van der Waals surface area (Å²) in [6.07, 6.45) is 10.1. The lowest BCUT2D eigenvalue weighted by atomic mass is 10.5. The second-order valence-corrected chi connectivity index (χ2v) is 12.7. The molecule has 0 heterocycles. The molecule has 0 aromatic heterocycles. The zero-order valence-electron chi connectivity index (χ0n) is 13.5. The van der Waals surface area contributed by atoms with E-state index in [4.69, 9.17) is 0 Å². The Kier molecular flexibility index (Phi) is 10.5. The third-order valence-electron chi connectivity index (χ3n) is 3.66. The maximum Gasteiger partial charge on any atom is 0.0877 e. The van der Waals surface area contributed by atoms with Crippen LogP contribution in [0.25, 0.3) is 0 Å². The van der Waals surface area contributed by atoms with Crippen molar-refractivity contribution in [3.63, 3.8) is 0 Å². The van der Waals surface area contributed by atoms with Crippen molar-refractivity contribution < 1.29 is 9.13 Å². The van der Waals surface area contributed by atoms with E-state index in [-0.39, 0.29) is 0 Å². The molecule has 0 bridgehead atoms. The van der Waals surface area contributed by atoms with Gasteiger partial charge in [-0.2, -0.15) is 0 Å². The monoisotopic (exact) mass is 308 g/mol. The normalized spacial score (nSPS) is 12.8. The molecular weight excluding hydrogens is 274 g/mol. The van der Waals surface area contributed by atoms with Crippen molar-refractivity contribution in [2.24, 2.45) is 0 Å². The number of rotatable bonds is 12. The van der Waals surface area contributed by atoms with Crippen LogP contribution in [0.5, 0.6) is 0 Å². The summed E-state index contributed by atoms with van der Waals surface area (Å²) in [6, 6.07) is 0. The largest absolute Gasteiger partial charge is 0.324 e. The topological polar surface area (TPSA) is 34.1 Å². The Morgan fingerprint density at radius 1 is 0.526 bits per heavy atom. The molecule has 0 aliphatic rings. The lowest BCUT2D eigenvalue weighted by Crippen LogP contribution is -2.05. The summed E-state index contributed by atoms with van der Waals surface area (Å²) in [7, 11) is -3.93. The molecule has 0 N–H and O–H groups in total. The van der Waals surface area contributed by atoms with Crippen molar-refractivity contribution >= 4 is 14.3 Å². The van der Waals surface area contributed by atoms with Crippen LogP contribution < -0.4 is 0 Å². The molecule has 0 rings (SSSR count). The van der Waals surface area contributed by atoms with Gasteiger partial charge in [-0.25, -0.2) is 0 Å². The molecule has 0 spiro atoms. The van der Waals surface area contributed by atoms with Crippen LogP contribution in [0.2, 0.25) is 0 Å². The molecule has 4 heteroatoms. The van der Waals surface area contributed by atoms with Crippen molar-refractivity contribution in [2.75, 3.05) is 37.0 Å². The SMILES string of the molecule is CCCP(=O)(CCC)CCCP(=O)(CCC)CCC. The zero-order chi connectivity index (χ0) is 14.8. The fourth-order valence-corrected chi connectivity index (χ4v) is 9.27. The highest BCUT2D eigenvalue weighted by molar-refractivity contribution is 7.64. The van der Waals surface area contributed by atoms with Crippen LogP contribution in [0, 0.1) is 0 Å². The zero-order valence-corrected chi connectivity index (χ0v) is 15.3. The van der Waals surface area contributed by atoms with E-state index >= 15 is 0 Å². The third-order valence-corrected chi connectivity index (χ3v) is 11.0. The van der Waals surface area contributed by atoms with Crippen LogP contribution in [0.15, 0.2) is 0 Å². The van der Waals surface area contributed by atoms with Gasteiger partial charge in [-0.05, 0) is 32.1 Å². The smallest absolute Gasteiger partial charge is 0.0877 e. The van der Waals surface area contributed by atoms with E-state index in [2.05, 4.69) is 27.7 Å². The molecule has 116 valence electrons. The minimum absolute atomic E-state index is 0.825. The Bertz CT molecular complexity index is 263. The Hall–Kier alpha value is 0.460. The molecule has 0 saturated carbocycles. The molecule has 19 heavy (non-hydrogen) atoms. The minimum Gasteiger partial charge on any atom is -0.324 e. The first kappa shape index (κ1) is 19.5. The predicted octanol–water partition coefficient (Wildman–Crippen LogP) is 5.74. The van der Waals surface area contributed by atoms with Crippen LogP contribution in [-0.2, 0) is 9.13 Å². The first-order valence-corrected chi connectivity index (χ1v) is 12.6. The lowest BCUT2D eigenvalue weighted by Gasteiger charge is -2.20. The summed E-state index contributed by atoms with van der Waals surface area (Å²) in [4.78, 5) is 0. The second-order valence-electron chi connectivity index (χ2n) is 5.81. The van der Waals surface area contributed by atoms with Gasteiger partial charge in [-0.1, -0.05) is 27.7 Å². The summed E-state index contributed by atoms with van der Waals surface area (Å²) >= 11 is 0. The van der Waals surface area contributed by atoms with E-state index in [1.54, 1.807) is 0 Å². The molecule has 0 aromatic rings. The summed E-state index contributed by atoms with van der Waals surface area (Å²) in [6.45, 7) is 8.45. The highest BCUT2D eigenvalue weighted by Crippen LogP contribution is 2.51. The second kappa shape index (κ2) is 10.2. The van der Waals surface area contributed by atoms with E-state index in [0.29, 0.717) is 0 Å². The Morgan fingerprint density at radius 3 is 1.00 bits per heavy atom. The molecule has 0 aliphatic heterocycles. The van der Waals surface area contributed by atoms with Gasteiger partial charge >= 0.3 is 0 Å².